The van der Waals surface area contributed by atoms with E-state index in [1.165, 1.54) is 14.9 Å². The summed E-state index contributed by atoms with van der Waals surface area (Å²) in [5, 5.41) is 1.81. The molecule has 0 aliphatic carbocycles. The number of hydrogen-bond acceptors (Lipinski definition) is 5. The fourth-order valence-electron chi connectivity index (χ4n) is 3.04. The second kappa shape index (κ2) is 5.14. The van der Waals surface area contributed by atoms with E-state index in [0.717, 1.165) is 12.2 Å². The van der Waals surface area contributed by atoms with Crippen molar-refractivity contribution in [2.75, 3.05) is 6.54 Å². The lowest BCUT2D eigenvalue weighted by molar-refractivity contribution is 0.326. The minimum absolute atomic E-state index is 0.124. The highest BCUT2D eigenvalue weighted by atomic mass is 32.2. The van der Waals surface area contributed by atoms with Crippen LogP contribution in [0.25, 0.3) is 0 Å². The van der Waals surface area contributed by atoms with E-state index in [9.17, 15) is 0 Å². The maximum Gasteiger partial charge on any atom is 0.160 e. The van der Waals surface area contributed by atoms with E-state index in [4.69, 9.17) is 4.99 Å². The second-order valence-electron chi connectivity index (χ2n) is 5.59. The van der Waals surface area contributed by atoms with Crippen LogP contribution in [0, 0.1) is 6.92 Å². The fraction of sp³-hybridized carbons (Fsp3) is 0.375. The summed E-state index contributed by atoms with van der Waals surface area (Å²) in [4.78, 5) is 14.8. The van der Waals surface area contributed by atoms with Crippen LogP contribution in [0.5, 0.6) is 0 Å². The van der Waals surface area contributed by atoms with E-state index in [2.05, 4.69) is 48.0 Å². The zero-order chi connectivity index (χ0) is 14.4. The Hall–Kier alpha value is -1.33. The number of pyridine rings is 1. The molecule has 1 fully saturated rings. The van der Waals surface area contributed by atoms with Crippen LogP contribution in [0.2, 0.25) is 0 Å². The van der Waals surface area contributed by atoms with Crippen molar-refractivity contribution in [1.29, 1.82) is 0 Å². The Kier molecular flexibility index (Phi) is 3.27. The average Bonchev–Trinajstić information content (AvgIpc) is 3.13. The first-order valence-corrected chi connectivity index (χ1v) is 8.90. The van der Waals surface area contributed by atoms with Crippen molar-refractivity contribution in [1.82, 2.24) is 9.88 Å². The van der Waals surface area contributed by atoms with Crippen LogP contribution in [-0.4, -0.2) is 26.8 Å². The zero-order valence-electron chi connectivity index (χ0n) is 12.1. The molecular weight excluding hydrogens is 298 g/mol. The van der Waals surface area contributed by atoms with Crippen LogP contribution < -0.4 is 0 Å². The van der Waals surface area contributed by atoms with Crippen molar-refractivity contribution in [2.45, 2.75) is 31.2 Å². The number of nitrogens with zero attached hydrogens (tertiary/aromatic N) is 3. The molecule has 4 rings (SSSR count). The first-order valence-electron chi connectivity index (χ1n) is 7.21. The summed E-state index contributed by atoms with van der Waals surface area (Å²) < 4.78 is 0. The number of amidine groups is 1. The Morgan fingerprint density at radius 2 is 2.14 bits per heavy atom. The molecule has 0 N–H and O–H groups in total. The van der Waals surface area contributed by atoms with Crippen molar-refractivity contribution in [2.24, 2.45) is 4.99 Å². The van der Waals surface area contributed by atoms with Gasteiger partial charge in [-0.3, -0.25) is 9.98 Å². The van der Waals surface area contributed by atoms with Gasteiger partial charge in [0.1, 0.15) is 6.04 Å². The highest BCUT2D eigenvalue weighted by Crippen LogP contribution is 2.48. The molecule has 0 radical (unpaired) electrons. The zero-order valence-corrected chi connectivity index (χ0v) is 13.7. The lowest BCUT2D eigenvalue weighted by atomic mass is 10.0. The molecule has 3 atom stereocenters. The van der Waals surface area contributed by atoms with Gasteiger partial charge in [0.2, 0.25) is 0 Å². The maximum atomic E-state index is 4.99. The minimum atomic E-state index is 0.124. The Morgan fingerprint density at radius 3 is 2.86 bits per heavy atom. The van der Waals surface area contributed by atoms with Crippen LogP contribution in [-0.2, 0) is 0 Å². The number of aryl methyl sites for hydroxylation is 1. The van der Waals surface area contributed by atoms with E-state index in [-0.39, 0.29) is 6.04 Å². The molecule has 3 nitrogen and oxygen atoms in total. The van der Waals surface area contributed by atoms with E-state index >= 15 is 0 Å². The quantitative estimate of drug-likeness (QED) is 0.837. The van der Waals surface area contributed by atoms with Gasteiger partial charge >= 0.3 is 0 Å². The Labute approximate surface area is 133 Å². The molecule has 2 aliphatic rings. The Bertz CT molecular complexity index is 680. The molecule has 21 heavy (non-hydrogen) atoms. The predicted molar refractivity (Wildman–Crippen MR) is 90.0 cm³/mol. The summed E-state index contributed by atoms with van der Waals surface area (Å²) in [6.45, 7) is 5.52. The van der Waals surface area contributed by atoms with Crippen molar-refractivity contribution in [3.05, 3.63) is 52.0 Å². The van der Waals surface area contributed by atoms with E-state index < -0.39 is 0 Å². The molecule has 0 bridgehead atoms. The summed E-state index contributed by atoms with van der Waals surface area (Å²) >= 11 is 3.77. The van der Waals surface area contributed by atoms with E-state index in [1.54, 1.807) is 0 Å². The third-order valence-electron chi connectivity index (χ3n) is 3.93. The van der Waals surface area contributed by atoms with Gasteiger partial charge in [0.15, 0.2) is 5.17 Å². The van der Waals surface area contributed by atoms with Crippen molar-refractivity contribution >= 4 is 28.3 Å². The summed E-state index contributed by atoms with van der Waals surface area (Å²) in [7, 11) is 0. The lowest BCUT2D eigenvalue weighted by Crippen LogP contribution is -2.27. The second-order valence-corrected chi connectivity index (χ2v) is 8.31. The third-order valence-corrected chi connectivity index (χ3v) is 6.11. The van der Waals surface area contributed by atoms with Gasteiger partial charge < -0.3 is 4.90 Å². The van der Waals surface area contributed by atoms with Crippen molar-refractivity contribution in [3.63, 3.8) is 0 Å². The van der Waals surface area contributed by atoms with Gasteiger partial charge in [0.25, 0.3) is 0 Å². The van der Waals surface area contributed by atoms with Gasteiger partial charge in [0.05, 0.1) is 11.7 Å². The van der Waals surface area contributed by atoms with Crippen LogP contribution in [0.1, 0.15) is 34.5 Å². The average molecular weight is 315 g/mol. The number of aliphatic imine (C=N–C) groups is 1. The predicted octanol–water partition coefficient (Wildman–Crippen LogP) is 4.04. The smallest absolute Gasteiger partial charge is 0.160 e. The normalized spacial score (nSPS) is 27.8. The van der Waals surface area contributed by atoms with E-state index in [0.29, 0.717) is 11.3 Å². The Balaban J connectivity index is 1.77. The van der Waals surface area contributed by atoms with Crippen LogP contribution >= 0.6 is 23.1 Å². The molecule has 0 amide bonds. The summed E-state index contributed by atoms with van der Waals surface area (Å²) in [5.74, 6) is 0. The summed E-state index contributed by atoms with van der Waals surface area (Å²) in [6.07, 6.45) is 1.87. The third kappa shape index (κ3) is 2.28. The molecule has 0 unspecified atom stereocenters. The molecular formula is C16H17N3S2. The monoisotopic (exact) mass is 315 g/mol. The molecule has 0 aromatic carbocycles. The molecule has 4 heterocycles. The minimum Gasteiger partial charge on any atom is -0.340 e. The maximum absolute atomic E-state index is 4.99. The molecule has 5 heteroatoms. The van der Waals surface area contributed by atoms with Gasteiger partial charge in [0, 0.05) is 27.7 Å². The van der Waals surface area contributed by atoms with E-state index in [1.807, 2.05) is 35.4 Å². The summed E-state index contributed by atoms with van der Waals surface area (Å²) in [5.41, 5.74) is 1.07. The van der Waals surface area contributed by atoms with Crippen LogP contribution in [0.15, 0.2) is 41.5 Å². The molecule has 1 saturated heterocycles. The number of fused-ring (bicyclic) bond motifs is 1. The van der Waals surface area contributed by atoms with Gasteiger partial charge in [-0.05, 0) is 31.2 Å². The first-order chi connectivity index (χ1) is 10.2. The number of rotatable bonds is 2. The van der Waals surface area contributed by atoms with Crippen LogP contribution in [0.3, 0.4) is 0 Å². The molecule has 2 aromatic heterocycles. The number of thioether (sulfide) groups is 1. The summed E-state index contributed by atoms with van der Waals surface area (Å²) in [6, 6.07) is 11.0. The molecule has 0 spiro atoms. The SMILES string of the molecule is Cc1ccc([C@H]2[C@H](c3ccccn3)N=C3S[C@@H](C)CN32)s1. The number of thiophene rings is 1. The van der Waals surface area contributed by atoms with Gasteiger partial charge in [-0.25, -0.2) is 0 Å². The van der Waals surface area contributed by atoms with Gasteiger partial charge in [-0.1, -0.05) is 24.8 Å². The molecule has 0 saturated carbocycles. The fourth-order valence-corrected chi connectivity index (χ4v) is 5.15. The molecule has 2 aromatic rings. The molecule has 108 valence electrons. The van der Waals surface area contributed by atoms with Crippen LogP contribution in [0.4, 0.5) is 0 Å². The first kappa shape index (κ1) is 13.3. The Morgan fingerprint density at radius 1 is 1.24 bits per heavy atom. The number of hydrogen-bond donors (Lipinski definition) is 0. The van der Waals surface area contributed by atoms with Crippen molar-refractivity contribution in [3.8, 4) is 0 Å². The van der Waals surface area contributed by atoms with Crippen molar-refractivity contribution < 1.29 is 0 Å². The number of aromatic nitrogens is 1. The lowest BCUT2D eigenvalue weighted by Gasteiger charge is -2.25. The highest BCUT2D eigenvalue weighted by Gasteiger charge is 2.43. The van der Waals surface area contributed by atoms with Gasteiger partial charge in [-0.15, -0.1) is 11.3 Å². The largest absolute Gasteiger partial charge is 0.340 e. The molecule has 2 aliphatic heterocycles. The standard InChI is InChI=1S/C16H17N3S2/c1-10-6-7-13(20-10)15-14(12-5-3-4-8-17-12)18-16-19(15)9-11(2)21-16/h3-8,11,14-15H,9H2,1-2H3/t11-,14-,15-/m0/s1. The highest BCUT2D eigenvalue weighted by molar-refractivity contribution is 8.14. The van der Waals surface area contributed by atoms with Gasteiger partial charge in [-0.2, -0.15) is 0 Å². The topological polar surface area (TPSA) is 28.5 Å².